The van der Waals surface area contributed by atoms with Gasteiger partial charge in [-0.05, 0) is 48.3 Å². The van der Waals surface area contributed by atoms with Crippen molar-refractivity contribution in [3.63, 3.8) is 0 Å². The van der Waals surface area contributed by atoms with Gasteiger partial charge >= 0.3 is 0 Å². The number of rotatable bonds is 4. The number of halogens is 1. The molecule has 1 aliphatic carbocycles. The number of benzene rings is 1. The maximum Gasteiger partial charge on any atom is 0.0731 e. The largest absolute Gasteiger partial charge is 0.373 e. The van der Waals surface area contributed by atoms with Crippen LogP contribution in [0.4, 0.5) is 0 Å². The lowest BCUT2D eigenvalue weighted by Crippen LogP contribution is -2.26. The summed E-state index contributed by atoms with van der Waals surface area (Å²) in [6.45, 7) is 5.93. The molecule has 1 saturated carbocycles. The molecule has 19 heavy (non-hydrogen) atoms. The van der Waals surface area contributed by atoms with Crippen LogP contribution in [-0.2, 0) is 17.9 Å². The Morgan fingerprint density at radius 3 is 2.47 bits per heavy atom. The van der Waals surface area contributed by atoms with E-state index in [1.807, 2.05) is 0 Å². The summed E-state index contributed by atoms with van der Waals surface area (Å²) < 4.78 is 7.21. The first-order valence-corrected chi connectivity index (χ1v) is 7.96. The van der Waals surface area contributed by atoms with Gasteiger partial charge < -0.3 is 10.5 Å². The van der Waals surface area contributed by atoms with Crippen LogP contribution in [-0.4, -0.2) is 6.10 Å². The van der Waals surface area contributed by atoms with Gasteiger partial charge in [-0.3, -0.25) is 0 Å². The van der Waals surface area contributed by atoms with Gasteiger partial charge in [0, 0.05) is 11.0 Å². The van der Waals surface area contributed by atoms with Crippen molar-refractivity contribution in [3.8, 4) is 0 Å². The summed E-state index contributed by atoms with van der Waals surface area (Å²) in [5.74, 6) is 1.58. The van der Waals surface area contributed by atoms with Gasteiger partial charge in [-0.25, -0.2) is 0 Å². The van der Waals surface area contributed by atoms with E-state index in [2.05, 4.69) is 48.0 Å². The molecule has 0 spiro atoms. The molecule has 0 aliphatic heterocycles. The molecule has 2 unspecified atom stereocenters. The highest BCUT2D eigenvalue weighted by Gasteiger charge is 2.24. The summed E-state index contributed by atoms with van der Waals surface area (Å²) in [7, 11) is 0. The van der Waals surface area contributed by atoms with Crippen LogP contribution in [0.15, 0.2) is 22.7 Å². The van der Waals surface area contributed by atoms with Gasteiger partial charge in [0.05, 0.1) is 12.7 Å². The third-order valence-corrected chi connectivity index (χ3v) is 4.70. The van der Waals surface area contributed by atoms with Crippen LogP contribution in [0.3, 0.4) is 0 Å². The lowest BCUT2D eigenvalue weighted by molar-refractivity contribution is -0.00937. The Morgan fingerprint density at radius 1 is 1.21 bits per heavy atom. The fraction of sp³-hybridized carbons (Fsp3) is 0.625. The number of nitrogens with two attached hydrogens (primary N) is 1. The zero-order valence-electron chi connectivity index (χ0n) is 11.9. The van der Waals surface area contributed by atoms with E-state index in [0.29, 0.717) is 19.3 Å². The van der Waals surface area contributed by atoms with Crippen molar-refractivity contribution in [1.29, 1.82) is 0 Å². The molecule has 1 aliphatic rings. The minimum Gasteiger partial charge on any atom is -0.373 e. The van der Waals surface area contributed by atoms with Gasteiger partial charge in [-0.1, -0.05) is 41.9 Å². The van der Waals surface area contributed by atoms with Crippen LogP contribution in [0.25, 0.3) is 0 Å². The van der Waals surface area contributed by atoms with Gasteiger partial charge in [0.2, 0.25) is 0 Å². The second-order valence-electron chi connectivity index (χ2n) is 5.98. The van der Waals surface area contributed by atoms with Gasteiger partial charge in [-0.15, -0.1) is 0 Å². The molecule has 2 nitrogen and oxygen atoms in total. The van der Waals surface area contributed by atoms with Crippen molar-refractivity contribution in [2.24, 2.45) is 17.6 Å². The lowest BCUT2D eigenvalue weighted by Gasteiger charge is -2.31. The zero-order valence-corrected chi connectivity index (χ0v) is 13.4. The van der Waals surface area contributed by atoms with Crippen LogP contribution < -0.4 is 5.73 Å². The molecule has 0 radical (unpaired) electrons. The van der Waals surface area contributed by atoms with Crippen LogP contribution in [0.2, 0.25) is 0 Å². The molecule has 1 fully saturated rings. The zero-order chi connectivity index (χ0) is 13.8. The van der Waals surface area contributed by atoms with E-state index in [-0.39, 0.29) is 0 Å². The van der Waals surface area contributed by atoms with Crippen molar-refractivity contribution in [2.75, 3.05) is 0 Å². The third-order valence-electron chi connectivity index (χ3n) is 3.96. The number of hydrogen-bond donors (Lipinski definition) is 1. The summed E-state index contributed by atoms with van der Waals surface area (Å²) in [5, 5.41) is 0. The maximum absolute atomic E-state index is 6.10. The van der Waals surface area contributed by atoms with Gasteiger partial charge in [0.15, 0.2) is 0 Å². The molecule has 2 N–H and O–H groups in total. The molecular formula is C16H24BrNO. The second-order valence-corrected chi connectivity index (χ2v) is 6.83. The van der Waals surface area contributed by atoms with Gasteiger partial charge in [-0.2, -0.15) is 0 Å². The first-order chi connectivity index (χ1) is 9.08. The first kappa shape index (κ1) is 15.0. The van der Waals surface area contributed by atoms with E-state index in [0.717, 1.165) is 21.9 Å². The molecule has 0 saturated heterocycles. The van der Waals surface area contributed by atoms with Crippen LogP contribution >= 0.6 is 15.9 Å². The normalized spacial score (nSPS) is 27.5. The van der Waals surface area contributed by atoms with E-state index in [1.165, 1.54) is 24.8 Å². The summed E-state index contributed by atoms with van der Waals surface area (Å²) in [5.41, 5.74) is 8.00. The quantitative estimate of drug-likeness (QED) is 0.898. The smallest absolute Gasteiger partial charge is 0.0731 e. The number of ether oxygens (including phenoxy) is 1. The van der Waals surface area contributed by atoms with Crippen molar-refractivity contribution in [3.05, 3.63) is 33.8 Å². The molecule has 0 amide bonds. The predicted octanol–water partition coefficient (Wildman–Crippen LogP) is 4.25. The topological polar surface area (TPSA) is 35.2 Å². The van der Waals surface area contributed by atoms with Crippen LogP contribution in [0.1, 0.15) is 44.2 Å². The van der Waals surface area contributed by atoms with Gasteiger partial charge in [0.25, 0.3) is 0 Å². The van der Waals surface area contributed by atoms with Crippen molar-refractivity contribution >= 4 is 15.9 Å². The molecule has 3 heteroatoms. The third kappa shape index (κ3) is 4.30. The lowest BCUT2D eigenvalue weighted by atomic mass is 9.82. The Balaban J connectivity index is 1.91. The summed E-state index contributed by atoms with van der Waals surface area (Å²) in [6.07, 6.45) is 4.15. The van der Waals surface area contributed by atoms with Gasteiger partial charge in [0.1, 0.15) is 0 Å². The highest BCUT2D eigenvalue weighted by Crippen LogP contribution is 2.31. The highest BCUT2D eigenvalue weighted by molar-refractivity contribution is 9.10. The molecule has 0 aromatic heterocycles. The van der Waals surface area contributed by atoms with Crippen molar-refractivity contribution in [1.82, 2.24) is 0 Å². The fourth-order valence-corrected chi connectivity index (χ4v) is 3.59. The Morgan fingerprint density at radius 2 is 1.89 bits per heavy atom. The second kappa shape index (κ2) is 6.87. The molecule has 2 rings (SSSR count). The molecule has 1 aromatic rings. The maximum atomic E-state index is 6.10. The summed E-state index contributed by atoms with van der Waals surface area (Å²) in [6, 6.07) is 6.28. The monoisotopic (exact) mass is 325 g/mol. The van der Waals surface area contributed by atoms with E-state index >= 15 is 0 Å². The SMILES string of the molecule is CC1CC(C)CC(OCc2ccc(CN)cc2Br)C1. The van der Waals surface area contributed by atoms with Crippen molar-refractivity contribution < 1.29 is 4.74 Å². The average Bonchev–Trinajstić information content (AvgIpc) is 2.36. The molecule has 106 valence electrons. The van der Waals surface area contributed by atoms with E-state index < -0.39 is 0 Å². The Bertz CT molecular complexity index is 411. The van der Waals surface area contributed by atoms with Crippen LogP contribution in [0, 0.1) is 11.8 Å². The van der Waals surface area contributed by atoms with E-state index in [4.69, 9.17) is 10.5 Å². The Hall–Kier alpha value is -0.380. The highest BCUT2D eigenvalue weighted by atomic mass is 79.9. The standard InChI is InChI=1S/C16H24BrNO/c1-11-5-12(2)7-15(6-11)19-10-14-4-3-13(9-18)8-16(14)17/h3-4,8,11-12,15H,5-7,9-10,18H2,1-2H3. The summed E-state index contributed by atoms with van der Waals surface area (Å²) in [4.78, 5) is 0. The van der Waals surface area contributed by atoms with Crippen molar-refractivity contribution in [2.45, 2.75) is 52.4 Å². The first-order valence-electron chi connectivity index (χ1n) is 7.17. The molecule has 2 atom stereocenters. The van der Waals surface area contributed by atoms with Crippen LogP contribution in [0.5, 0.6) is 0 Å². The van der Waals surface area contributed by atoms with E-state index in [1.54, 1.807) is 0 Å². The Labute approximate surface area is 124 Å². The molecular weight excluding hydrogens is 302 g/mol. The Kier molecular flexibility index (Phi) is 5.43. The molecule has 1 aromatic carbocycles. The molecule has 0 bridgehead atoms. The minimum atomic E-state index is 0.417. The average molecular weight is 326 g/mol. The minimum absolute atomic E-state index is 0.417. The predicted molar refractivity (Wildman–Crippen MR) is 82.8 cm³/mol. The summed E-state index contributed by atoms with van der Waals surface area (Å²) >= 11 is 3.60. The van der Waals surface area contributed by atoms with E-state index in [9.17, 15) is 0 Å². The number of hydrogen-bond acceptors (Lipinski definition) is 2. The fourth-order valence-electron chi connectivity index (χ4n) is 3.05. The molecule has 0 heterocycles.